The molecule has 0 bridgehead atoms. The molecule has 0 aromatic carbocycles. The SMILES string of the molecule is NCC=C1SCCCS1. The monoisotopic (exact) mass is 161 g/mol. The van der Waals surface area contributed by atoms with Crippen molar-refractivity contribution in [1.82, 2.24) is 0 Å². The molecule has 0 aromatic rings. The van der Waals surface area contributed by atoms with Gasteiger partial charge in [0.1, 0.15) is 0 Å². The van der Waals surface area contributed by atoms with E-state index in [1.165, 1.54) is 22.2 Å². The Balaban J connectivity index is 2.30. The summed E-state index contributed by atoms with van der Waals surface area (Å²) in [7, 11) is 0. The first-order valence-electron chi connectivity index (χ1n) is 3.09. The maximum atomic E-state index is 5.36. The molecule has 0 aromatic heterocycles. The molecule has 0 amide bonds. The molecule has 0 aliphatic carbocycles. The summed E-state index contributed by atoms with van der Waals surface area (Å²) in [6, 6.07) is 0. The lowest BCUT2D eigenvalue weighted by Crippen LogP contribution is -1.97. The number of nitrogens with two attached hydrogens (primary N) is 1. The molecule has 1 aliphatic rings. The van der Waals surface area contributed by atoms with Gasteiger partial charge in [-0.05, 0) is 17.9 Å². The molecule has 0 radical (unpaired) electrons. The molecule has 3 heteroatoms. The van der Waals surface area contributed by atoms with E-state index in [-0.39, 0.29) is 0 Å². The minimum absolute atomic E-state index is 0.690. The second-order valence-corrected chi connectivity index (χ2v) is 4.34. The molecule has 52 valence electrons. The van der Waals surface area contributed by atoms with Crippen molar-refractivity contribution < 1.29 is 0 Å². The molecular formula is C6H11NS2. The summed E-state index contributed by atoms with van der Waals surface area (Å²) in [4.78, 5) is 0. The van der Waals surface area contributed by atoms with E-state index < -0.39 is 0 Å². The zero-order chi connectivity index (χ0) is 6.53. The van der Waals surface area contributed by atoms with Gasteiger partial charge in [-0.25, -0.2) is 0 Å². The van der Waals surface area contributed by atoms with Gasteiger partial charge in [-0.15, -0.1) is 23.5 Å². The van der Waals surface area contributed by atoms with Gasteiger partial charge in [0.05, 0.1) is 0 Å². The van der Waals surface area contributed by atoms with Gasteiger partial charge < -0.3 is 5.73 Å². The summed E-state index contributed by atoms with van der Waals surface area (Å²) >= 11 is 3.86. The Morgan fingerprint density at radius 3 is 2.67 bits per heavy atom. The Morgan fingerprint density at radius 1 is 1.44 bits per heavy atom. The maximum absolute atomic E-state index is 5.36. The quantitative estimate of drug-likeness (QED) is 0.633. The highest BCUT2D eigenvalue weighted by molar-refractivity contribution is 8.22. The van der Waals surface area contributed by atoms with Crippen LogP contribution in [0.25, 0.3) is 0 Å². The molecule has 1 rings (SSSR count). The molecule has 0 unspecified atom stereocenters. The lowest BCUT2D eigenvalue weighted by atomic mass is 10.6. The number of hydrogen-bond acceptors (Lipinski definition) is 3. The topological polar surface area (TPSA) is 26.0 Å². The minimum atomic E-state index is 0.690. The first-order chi connectivity index (χ1) is 4.43. The van der Waals surface area contributed by atoms with Crippen LogP contribution in [0.4, 0.5) is 0 Å². The van der Waals surface area contributed by atoms with E-state index in [1.807, 2.05) is 23.5 Å². The zero-order valence-corrected chi connectivity index (χ0v) is 6.93. The van der Waals surface area contributed by atoms with Crippen LogP contribution in [0.15, 0.2) is 10.3 Å². The predicted octanol–water partition coefficient (Wildman–Crippen LogP) is 1.66. The highest BCUT2D eigenvalue weighted by Crippen LogP contribution is 2.33. The van der Waals surface area contributed by atoms with Crippen LogP contribution >= 0.6 is 23.5 Å². The van der Waals surface area contributed by atoms with Gasteiger partial charge in [0.2, 0.25) is 0 Å². The summed E-state index contributed by atoms with van der Waals surface area (Å²) in [5.74, 6) is 2.55. The predicted molar refractivity (Wildman–Crippen MR) is 46.7 cm³/mol. The van der Waals surface area contributed by atoms with Gasteiger partial charge >= 0.3 is 0 Å². The summed E-state index contributed by atoms with van der Waals surface area (Å²) in [5, 5.41) is 0. The zero-order valence-electron chi connectivity index (χ0n) is 5.30. The van der Waals surface area contributed by atoms with Crippen molar-refractivity contribution in [1.29, 1.82) is 0 Å². The number of rotatable bonds is 1. The minimum Gasteiger partial charge on any atom is -0.327 e. The number of hydrogen-bond donors (Lipinski definition) is 1. The van der Waals surface area contributed by atoms with Crippen molar-refractivity contribution in [3.05, 3.63) is 10.3 Å². The van der Waals surface area contributed by atoms with Crippen LogP contribution in [-0.2, 0) is 0 Å². The van der Waals surface area contributed by atoms with Crippen molar-refractivity contribution in [3.63, 3.8) is 0 Å². The van der Waals surface area contributed by atoms with Crippen LogP contribution in [-0.4, -0.2) is 18.1 Å². The Labute approximate surface area is 64.5 Å². The summed E-state index contributed by atoms with van der Waals surface area (Å²) in [5.41, 5.74) is 5.36. The third kappa shape index (κ3) is 2.65. The molecule has 9 heavy (non-hydrogen) atoms. The lowest BCUT2D eigenvalue weighted by Gasteiger charge is -2.11. The Bertz CT molecular complexity index is 104. The van der Waals surface area contributed by atoms with E-state index in [9.17, 15) is 0 Å². The number of thioether (sulfide) groups is 2. The molecule has 1 aliphatic heterocycles. The van der Waals surface area contributed by atoms with Crippen LogP contribution in [0.2, 0.25) is 0 Å². The summed E-state index contributed by atoms with van der Waals surface area (Å²) in [6.07, 6.45) is 3.45. The smallest absolute Gasteiger partial charge is 0.0373 e. The molecular weight excluding hydrogens is 150 g/mol. The van der Waals surface area contributed by atoms with Crippen molar-refractivity contribution >= 4 is 23.5 Å². The average Bonchev–Trinajstić information content (AvgIpc) is 1.91. The van der Waals surface area contributed by atoms with Crippen molar-refractivity contribution in [2.45, 2.75) is 6.42 Å². The van der Waals surface area contributed by atoms with E-state index in [4.69, 9.17) is 5.73 Å². The molecule has 1 saturated heterocycles. The highest BCUT2D eigenvalue weighted by Gasteiger charge is 2.04. The van der Waals surface area contributed by atoms with Crippen molar-refractivity contribution in [2.75, 3.05) is 18.1 Å². The van der Waals surface area contributed by atoms with Gasteiger partial charge in [0, 0.05) is 10.8 Å². The largest absolute Gasteiger partial charge is 0.327 e. The van der Waals surface area contributed by atoms with Crippen LogP contribution in [0.1, 0.15) is 6.42 Å². The molecule has 1 fully saturated rings. The van der Waals surface area contributed by atoms with E-state index in [1.54, 1.807) is 0 Å². The van der Waals surface area contributed by atoms with Gasteiger partial charge in [0.25, 0.3) is 0 Å². The summed E-state index contributed by atoms with van der Waals surface area (Å²) in [6.45, 7) is 0.690. The van der Waals surface area contributed by atoms with Gasteiger partial charge in [-0.3, -0.25) is 0 Å². The molecule has 2 N–H and O–H groups in total. The van der Waals surface area contributed by atoms with Crippen LogP contribution < -0.4 is 5.73 Å². The first-order valence-corrected chi connectivity index (χ1v) is 5.06. The van der Waals surface area contributed by atoms with Crippen molar-refractivity contribution in [3.8, 4) is 0 Å². The Hall–Kier alpha value is 0.400. The van der Waals surface area contributed by atoms with Gasteiger partial charge in [-0.1, -0.05) is 6.08 Å². The fourth-order valence-corrected chi connectivity index (χ4v) is 3.08. The van der Waals surface area contributed by atoms with E-state index in [0.717, 1.165) is 0 Å². The standard InChI is InChI=1S/C6H11NS2/c7-3-2-6-8-4-1-5-9-6/h2H,1,3-5,7H2. The van der Waals surface area contributed by atoms with E-state index in [0.29, 0.717) is 6.54 Å². The highest BCUT2D eigenvalue weighted by atomic mass is 32.2. The van der Waals surface area contributed by atoms with Crippen LogP contribution in [0, 0.1) is 0 Å². The molecule has 1 nitrogen and oxygen atoms in total. The first kappa shape index (κ1) is 7.51. The van der Waals surface area contributed by atoms with Crippen LogP contribution in [0.3, 0.4) is 0 Å². The Kier molecular flexibility index (Phi) is 3.55. The second-order valence-electron chi connectivity index (χ2n) is 1.81. The molecule has 0 atom stereocenters. The normalized spacial score (nSPS) is 19.9. The van der Waals surface area contributed by atoms with E-state index >= 15 is 0 Å². The van der Waals surface area contributed by atoms with Gasteiger partial charge in [0.15, 0.2) is 0 Å². The lowest BCUT2D eigenvalue weighted by molar-refractivity contribution is 1.12. The fraction of sp³-hybridized carbons (Fsp3) is 0.667. The summed E-state index contributed by atoms with van der Waals surface area (Å²) < 4.78 is 1.42. The Morgan fingerprint density at radius 2 is 2.11 bits per heavy atom. The van der Waals surface area contributed by atoms with Gasteiger partial charge in [-0.2, -0.15) is 0 Å². The fourth-order valence-electron chi connectivity index (χ4n) is 0.660. The molecule has 0 spiro atoms. The van der Waals surface area contributed by atoms with E-state index in [2.05, 4.69) is 6.08 Å². The molecule has 0 saturated carbocycles. The maximum Gasteiger partial charge on any atom is 0.0373 e. The third-order valence-electron chi connectivity index (χ3n) is 1.06. The second kappa shape index (κ2) is 4.25. The van der Waals surface area contributed by atoms with Crippen molar-refractivity contribution in [2.24, 2.45) is 5.73 Å². The molecule has 1 heterocycles. The average molecular weight is 161 g/mol. The van der Waals surface area contributed by atoms with Crippen LogP contribution in [0.5, 0.6) is 0 Å². The third-order valence-corrected chi connectivity index (χ3v) is 3.66.